The molecule has 3 aromatic rings. The lowest BCUT2D eigenvalue weighted by molar-refractivity contribution is -0.118. The first-order valence-electron chi connectivity index (χ1n) is 13.1. The molecule has 1 aliphatic carbocycles. The summed E-state index contributed by atoms with van der Waals surface area (Å²) in [5, 5.41) is 9.03. The number of nitrogens with one attached hydrogen (secondary N) is 3. The van der Waals surface area contributed by atoms with Crippen LogP contribution in [0.2, 0.25) is 0 Å². The molecule has 38 heavy (non-hydrogen) atoms. The summed E-state index contributed by atoms with van der Waals surface area (Å²) in [4.78, 5) is 39.7. The molecule has 1 aliphatic heterocycles. The topological polar surface area (TPSA) is 102 Å². The Morgan fingerprint density at radius 3 is 2.37 bits per heavy atom. The minimum atomic E-state index is -0.662. The highest BCUT2D eigenvalue weighted by molar-refractivity contribution is 6.06. The lowest BCUT2D eigenvalue weighted by Crippen LogP contribution is -2.43. The zero-order valence-electron chi connectivity index (χ0n) is 22.3. The molecule has 0 atom stereocenters. The molecule has 0 spiro atoms. The minimum absolute atomic E-state index is 0.116. The van der Waals surface area contributed by atoms with Gasteiger partial charge in [0.2, 0.25) is 5.91 Å². The number of rotatable bonds is 8. The standard InChI is InChI=1S/C29H35N7O2/c1-20-4-7-22(16-24(20)34-28(38)29(10-11-29)25-17-26(30-2)32-19-31-25)27(37)33-23-8-5-21(6-9-23)18-36-14-12-35(3)13-15-36/h4-9,16-17,19H,10-15,18H2,1-3H3,(H,33,37)(H,34,38)(H,30,31,32). The van der Waals surface area contributed by atoms with Crippen molar-refractivity contribution < 1.29 is 9.59 Å². The van der Waals surface area contributed by atoms with E-state index in [0.29, 0.717) is 22.8 Å². The highest BCUT2D eigenvalue weighted by Gasteiger charge is 2.53. The van der Waals surface area contributed by atoms with Gasteiger partial charge in [0.15, 0.2) is 0 Å². The van der Waals surface area contributed by atoms with E-state index in [4.69, 9.17) is 0 Å². The minimum Gasteiger partial charge on any atom is -0.373 e. The summed E-state index contributed by atoms with van der Waals surface area (Å²) in [6.45, 7) is 7.14. The Kier molecular flexibility index (Phi) is 7.40. The zero-order valence-corrected chi connectivity index (χ0v) is 22.3. The Balaban J connectivity index is 1.23. The van der Waals surface area contributed by atoms with E-state index in [0.717, 1.165) is 56.8 Å². The smallest absolute Gasteiger partial charge is 0.255 e. The molecular formula is C29H35N7O2. The molecular weight excluding hydrogens is 478 g/mol. The second kappa shape index (κ2) is 10.9. The van der Waals surface area contributed by atoms with Crippen molar-refractivity contribution >= 4 is 29.0 Å². The molecule has 1 saturated carbocycles. The van der Waals surface area contributed by atoms with Crippen molar-refractivity contribution in [3.05, 3.63) is 77.2 Å². The van der Waals surface area contributed by atoms with E-state index in [-0.39, 0.29) is 11.8 Å². The van der Waals surface area contributed by atoms with Crippen LogP contribution < -0.4 is 16.0 Å². The van der Waals surface area contributed by atoms with Crippen molar-refractivity contribution in [2.24, 2.45) is 0 Å². The number of hydrogen-bond acceptors (Lipinski definition) is 7. The van der Waals surface area contributed by atoms with Gasteiger partial charge >= 0.3 is 0 Å². The molecule has 5 rings (SSSR count). The monoisotopic (exact) mass is 513 g/mol. The van der Waals surface area contributed by atoms with Crippen LogP contribution in [0.25, 0.3) is 0 Å². The SMILES string of the molecule is CNc1cc(C2(C(=O)Nc3cc(C(=O)Nc4ccc(CN5CCN(C)CC5)cc4)ccc3C)CC2)ncn1. The first-order chi connectivity index (χ1) is 18.4. The molecule has 9 heteroatoms. The van der Waals surface area contributed by atoms with Gasteiger partial charge in [-0.3, -0.25) is 14.5 Å². The van der Waals surface area contributed by atoms with Crippen molar-refractivity contribution in [2.45, 2.75) is 31.7 Å². The Bertz CT molecular complexity index is 1310. The summed E-state index contributed by atoms with van der Waals surface area (Å²) < 4.78 is 0. The van der Waals surface area contributed by atoms with Gasteiger partial charge in [-0.1, -0.05) is 18.2 Å². The fraction of sp³-hybridized carbons (Fsp3) is 0.379. The maximum Gasteiger partial charge on any atom is 0.255 e. The molecule has 2 heterocycles. The van der Waals surface area contributed by atoms with Crippen molar-refractivity contribution in [1.82, 2.24) is 19.8 Å². The third kappa shape index (κ3) is 5.69. The quantitative estimate of drug-likeness (QED) is 0.424. The zero-order chi connectivity index (χ0) is 26.7. The van der Waals surface area contributed by atoms with Gasteiger partial charge in [0.1, 0.15) is 12.1 Å². The van der Waals surface area contributed by atoms with E-state index in [2.05, 4.69) is 54.9 Å². The van der Waals surface area contributed by atoms with E-state index in [9.17, 15) is 9.59 Å². The number of benzene rings is 2. The number of aryl methyl sites for hydroxylation is 1. The van der Waals surface area contributed by atoms with E-state index in [1.807, 2.05) is 31.2 Å². The van der Waals surface area contributed by atoms with Crippen LogP contribution in [0, 0.1) is 6.92 Å². The predicted octanol–water partition coefficient (Wildman–Crippen LogP) is 3.50. The van der Waals surface area contributed by atoms with Crippen LogP contribution >= 0.6 is 0 Å². The van der Waals surface area contributed by atoms with E-state index in [1.165, 1.54) is 11.9 Å². The Labute approximate surface area is 223 Å². The number of anilines is 3. The number of hydrogen-bond donors (Lipinski definition) is 3. The van der Waals surface area contributed by atoms with Crippen LogP contribution in [-0.2, 0) is 16.8 Å². The van der Waals surface area contributed by atoms with Crippen molar-refractivity contribution in [3.8, 4) is 0 Å². The van der Waals surface area contributed by atoms with Gasteiger partial charge in [0, 0.05) is 62.8 Å². The van der Waals surface area contributed by atoms with E-state index >= 15 is 0 Å². The highest BCUT2D eigenvalue weighted by Crippen LogP contribution is 2.48. The first kappa shape index (κ1) is 25.8. The fourth-order valence-corrected chi connectivity index (χ4v) is 4.78. The molecule has 1 saturated heterocycles. The maximum atomic E-state index is 13.3. The van der Waals surface area contributed by atoms with Gasteiger partial charge in [-0.05, 0) is 62.2 Å². The molecule has 2 fully saturated rings. The summed E-state index contributed by atoms with van der Waals surface area (Å²) >= 11 is 0. The normalized spacial score (nSPS) is 17.0. The lowest BCUT2D eigenvalue weighted by Gasteiger charge is -2.32. The molecule has 198 valence electrons. The van der Waals surface area contributed by atoms with Crippen LogP contribution in [-0.4, -0.2) is 71.9 Å². The maximum absolute atomic E-state index is 13.3. The van der Waals surface area contributed by atoms with Gasteiger partial charge in [-0.15, -0.1) is 0 Å². The third-order valence-electron chi connectivity index (χ3n) is 7.56. The molecule has 2 amide bonds. The van der Waals surface area contributed by atoms with Crippen LogP contribution in [0.4, 0.5) is 17.2 Å². The van der Waals surface area contributed by atoms with Gasteiger partial charge < -0.3 is 20.9 Å². The van der Waals surface area contributed by atoms with Crippen LogP contribution in [0.5, 0.6) is 0 Å². The van der Waals surface area contributed by atoms with Crippen LogP contribution in [0.3, 0.4) is 0 Å². The molecule has 0 unspecified atom stereocenters. The number of carbonyl (C=O) groups excluding carboxylic acids is 2. The van der Waals surface area contributed by atoms with Gasteiger partial charge in [-0.2, -0.15) is 0 Å². The summed E-state index contributed by atoms with van der Waals surface area (Å²) in [5.74, 6) is 0.342. The molecule has 1 aromatic heterocycles. The third-order valence-corrected chi connectivity index (χ3v) is 7.56. The van der Waals surface area contributed by atoms with Crippen LogP contribution in [0.1, 0.15) is 40.0 Å². The highest BCUT2D eigenvalue weighted by atomic mass is 16.2. The Hall–Kier alpha value is -3.82. The number of piperazine rings is 1. The molecule has 2 aliphatic rings. The number of aromatic nitrogens is 2. The Morgan fingerprint density at radius 2 is 1.68 bits per heavy atom. The molecule has 0 radical (unpaired) electrons. The van der Waals surface area contributed by atoms with Gasteiger partial charge in [-0.25, -0.2) is 9.97 Å². The number of carbonyl (C=O) groups is 2. The first-order valence-corrected chi connectivity index (χ1v) is 13.1. The summed E-state index contributed by atoms with van der Waals surface area (Å²) in [7, 11) is 3.94. The van der Waals surface area contributed by atoms with Gasteiger partial charge in [0.25, 0.3) is 5.91 Å². The molecule has 9 nitrogen and oxygen atoms in total. The van der Waals surface area contributed by atoms with Crippen molar-refractivity contribution in [2.75, 3.05) is 56.2 Å². The van der Waals surface area contributed by atoms with Crippen molar-refractivity contribution in [1.29, 1.82) is 0 Å². The summed E-state index contributed by atoms with van der Waals surface area (Å²) in [6.07, 6.45) is 2.93. The number of likely N-dealkylation sites (N-methyl/N-ethyl adjacent to an activating group) is 1. The summed E-state index contributed by atoms with van der Waals surface area (Å²) in [6, 6.07) is 15.2. The Morgan fingerprint density at radius 1 is 0.947 bits per heavy atom. The molecule has 3 N–H and O–H groups in total. The second-order valence-corrected chi connectivity index (χ2v) is 10.3. The predicted molar refractivity (Wildman–Crippen MR) is 149 cm³/mol. The lowest BCUT2D eigenvalue weighted by atomic mass is 10.00. The van der Waals surface area contributed by atoms with Crippen molar-refractivity contribution in [3.63, 3.8) is 0 Å². The molecule has 2 aromatic carbocycles. The van der Waals surface area contributed by atoms with E-state index in [1.54, 1.807) is 19.2 Å². The average molecular weight is 514 g/mol. The van der Waals surface area contributed by atoms with Crippen LogP contribution in [0.15, 0.2) is 54.9 Å². The fourth-order valence-electron chi connectivity index (χ4n) is 4.78. The average Bonchev–Trinajstić information content (AvgIpc) is 3.75. The largest absolute Gasteiger partial charge is 0.373 e. The number of amides is 2. The van der Waals surface area contributed by atoms with E-state index < -0.39 is 5.41 Å². The molecule has 0 bridgehead atoms. The number of nitrogens with zero attached hydrogens (tertiary/aromatic N) is 4. The second-order valence-electron chi connectivity index (χ2n) is 10.3. The van der Waals surface area contributed by atoms with Gasteiger partial charge in [0.05, 0.1) is 11.1 Å². The summed E-state index contributed by atoms with van der Waals surface area (Å²) in [5.41, 5.74) is 4.01.